The molecule has 1 amide bonds. The van der Waals surface area contributed by atoms with Crippen LogP contribution in [0.25, 0.3) is 0 Å². The smallest absolute Gasteiger partial charge is 0.220 e. The third-order valence-corrected chi connectivity index (χ3v) is 13.5. The van der Waals surface area contributed by atoms with Crippen molar-refractivity contribution in [2.75, 3.05) is 19.8 Å². The number of nitrogens with one attached hydrogen (secondary N) is 1. The quantitative estimate of drug-likeness (QED) is 0.0213. The van der Waals surface area contributed by atoms with Crippen LogP contribution in [0.1, 0.15) is 219 Å². The van der Waals surface area contributed by atoms with Gasteiger partial charge in [0.25, 0.3) is 0 Å². The van der Waals surface area contributed by atoms with Gasteiger partial charge in [0, 0.05) is 6.42 Å². The summed E-state index contributed by atoms with van der Waals surface area (Å²) in [6.45, 7) is 2.80. The highest BCUT2D eigenvalue weighted by atomic mass is 16.7. The zero-order valence-corrected chi connectivity index (χ0v) is 41.5. The molecule has 0 spiro atoms. The van der Waals surface area contributed by atoms with Crippen LogP contribution in [-0.4, -0.2) is 140 Å². The summed E-state index contributed by atoms with van der Waals surface area (Å²) < 4.78 is 22.7. The zero-order chi connectivity index (χ0) is 48.2. The highest BCUT2D eigenvalue weighted by Gasteiger charge is 2.51. The fraction of sp³-hybridized carbons (Fsp3) is 0.942. The second-order valence-electron chi connectivity index (χ2n) is 19.4. The van der Waals surface area contributed by atoms with E-state index in [-0.39, 0.29) is 18.9 Å². The molecule has 0 bridgehead atoms. The van der Waals surface area contributed by atoms with Gasteiger partial charge in [0.1, 0.15) is 48.8 Å². The fourth-order valence-corrected chi connectivity index (χ4v) is 9.06. The predicted octanol–water partition coefficient (Wildman–Crippen LogP) is 7.55. The number of rotatable bonds is 42. The number of carbonyl (C=O) groups is 1. The summed E-state index contributed by atoms with van der Waals surface area (Å²) >= 11 is 0. The van der Waals surface area contributed by atoms with Gasteiger partial charge in [0.05, 0.1) is 32.0 Å². The Bertz CT molecular complexity index is 1160. The average Bonchev–Trinajstić information content (AvgIpc) is 3.31. The van der Waals surface area contributed by atoms with Crippen molar-refractivity contribution in [1.82, 2.24) is 5.32 Å². The number of allylic oxidation sites excluding steroid dienone is 1. The van der Waals surface area contributed by atoms with Gasteiger partial charge < -0.3 is 65.1 Å². The summed E-state index contributed by atoms with van der Waals surface area (Å²) in [6.07, 6.45) is 25.3. The molecule has 14 heteroatoms. The Morgan fingerprint density at radius 1 is 0.530 bits per heavy atom. The molecule has 390 valence electrons. The number of unbranched alkanes of at least 4 members (excludes halogenated alkanes) is 29. The van der Waals surface area contributed by atoms with Crippen molar-refractivity contribution in [2.45, 2.75) is 293 Å². The van der Waals surface area contributed by atoms with Crippen LogP contribution >= 0.6 is 0 Å². The minimum atomic E-state index is -1.78. The Kier molecular flexibility index (Phi) is 36.4. The maximum atomic E-state index is 13.2. The molecular formula is C52H99NO13. The molecule has 2 rings (SSSR count). The van der Waals surface area contributed by atoms with Crippen molar-refractivity contribution >= 4 is 5.91 Å². The SMILES string of the molecule is CCCCCCCCCCCCC/C=C/[C@@H](O)[C@H](CO[C@@H]1O[C@H](CO)[C@@H](O[C@@H]2O[C@H](CO)[C@H](O)[C@H](O)[C@H]2O)[C@H](O)C1O)NC(=O)CCCCCCCCCCCCCCCCCCCCC. The van der Waals surface area contributed by atoms with Crippen LogP contribution in [0.2, 0.25) is 0 Å². The van der Waals surface area contributed by atoms with E-state index < -0.39 is 86.8 Å². The lowest BCUT2D eigenvalue weighted by atomic mass is 9.97. The first-order valence-electron chi connectivity index (χ1n) is 26.9. The number of amides is 1. The lowest BCUT2D eigenvalue weighted by Gasteiger charge is -2.46. The summed E-state index contributed by atoms with van der Waals surface area (Å²) in [5.41, 5.74) is 0. The van der Waals surface area contributed by atoms with Crippen LogP contribution in [0.15, 0.2) is 12.2 Å². The van der Waals surface area contributed by atoms with E-state index >= 15 is 0 Å². The standard InChI is InChI=1S/C52H99NO13/c1-3-5-7-9-11-13-15-17-18-19-20-21-22-24-26-28-30-32-34-36-44(57)53-40(41(56)35-33-31-29-27-25-23-16-14-12-10-8-6-4-2)39-63-51-49(62)47(60)50(43(38-55)65-51)66-52-48(61)46(59)45(58)42(37-54)64-52/h33,35,40-43,45-52,54-56,58-62H,3-32,34,36-39H2,1-2H3,(H,53,57)/b35-33+/t40-,41+,42+,43+,45-,46-,47+,48+,49?,50+,51+,52-/m0/s1. The molecule has 0 saturated carbocycles. The molecule has 12 atom stereocenters. The molecule has 2 fully saturated rings. The minimum absolute atomic E-state index is 0.236. The molecule has 14 nitrogen and oxygen atoms in total. The molecule has 0 radical (unpaired) electrons. The van der Waals surface area contributed by atoms with Gasteiger partial charge in [-0.15, -0.1) is 0 Å². The third-order valence-electron chi connectivity index (χ3n) is 13.5. The topological polar surface area (TPSA) is 228 Å². The van der Waals surface area contributed by atoms with Crippen LogP contribution in [-0.2, 0) is 23.7 Å². The molecular weight excluding hydrogens is 847 g/mol. The van der Waals surface area contributed by atoms with Crippen molar-refractivity contribution < 1.29 is 64.6 Å². The normalized spacial score (nSPS) is 26.8. The summed E-state index contributed by atoms with van der Waals surface area (Å²) in [5, 5.41) is 86.8. The Morgan fingerprint density at radius 3 is 1.39 bits per heavy atom. The molecule has 66 heavy (non-hydrogen) atoms. The maximum Gasteiger partial charge on any atom is 0.220 e. The highest BCUT2D eigenvalue weighted by molar-refractivity contribution is 5.76. The van der Waals surface area contributed by atoms with Crippen LogP contribution < -0.4 is 5.32 Å². The second-order valence-corrected chi connectivity index (χ2v) is 19.4. The van der Waals surface area contributed by atoms with Crippen LogP contribution in [0.4, 0.5) is 0 Å². The second kappa shape index (κ2) is 39.5. The van der Waals surface area contributed by atoms with Crippen molar-refractivity contribution in [3.05, 3.63) is 12.2 Å². The van der Waals surface area contributed by atoms with Crippen LogP contribution in [0, 0.1) is 0 Å². The Hall–Kier alpha value is -1.27. The van der Waals surface area contributed by atoms with E-state index in [1.165, 1.54) is 154 Å². The van der Waals surface area contributed by atoms with E-state index in [9.17, 15) is 45.6 Å². The summed E-state index contributed by atoms with van der Waals surface area (Å²) in [7, 11) is 0. The molecule has 0 aromatic heterocycles. The first-order valence-corrected chi connectivity index (χ1v) is 26.9. The Morgan fingerprint density at radius 2 is 0.939 bits per heavy atom. The van der Waals surface area contributed by atoms with Crippen LogP contribution in [0.5, 0.6) is 0 Å². The largest absolute Gasteiger partial charge is 0.394 e. The Balaban J connectivity index is 1.80. The number of carbonyl (C=O) groups excluding carboxylic acids is 1. The lowest BCUT2D eigenvalue weighted by molar-refractivity contribution is -0.359. The number of ether oxygens (including phenoxy) is 4. The molecule has 0 aromatic carbocycles. The lowest BCUT2D eigenvalue weighted by Crippen LogP contribution is -2.65. The summed E-state index contributed by atoms with van der Waals surface area (Å²) in [5.74, 6) is -0.236. The van der Waals surface area contributed by atoms with E-state index in [2.05, 4.69) is 19.2 Å². The highest BCUT2D eigenvalue weighted by Crippen LogP contribution is 2.30. The third kappa shape index (κ3) is 26.1. The van der Waals surface area contributed by atoms with Crippen molar-refractivity contribution in [3.63, 3.8) is 0 Å². The average molecular weight is 946 g/mol. The van der Waals surface area contributed by atoms with Gasteiger partial charge in [-0.05, 0) is 19.3 Å². The van der Waals surface area contributed by atoms with Gasteiger partial charge in [0.15, 0.2) is 12.6 Å². The molecule has 2 aliphatic rings. The maximum absolute atomic E-state index is 13.2. The molecule has 2 heterocycles. The monoisotopic (exact) mass is 946 g/mol. The van der Waals surface area contributed by atoms with E-state index in [4.69, 9.17) is 18.9 Å². The molecule has 0 aliphatic carbocycles. The van der Waals surface area contributed by atoms with Gasteiger partial charge >= 0.3 is 0 Å². The minimum Gasteiger partial charge on any atom is -0.394 e. The molecule has 1 unspecified atom stereocenters. The number of hydrogen-bond acceptors (Lipinski definition) is 13. The number of hydrogen-bond donors (Lipinski definition) is 9. The number of aliphatic hydroxyl groups excluding tert-OH is 8. The predicted molar refractivity (Wildman–Crippen MR) is 259 cm³/mol. The fourth-order valence-electron chi connectivity index (χ4n) is 9.06. The van der Waals surface area contributed by atoms with E-state index in [0.29, 0.717) is 6.42 Å². The van der Waals surface area contributed by atoms with Gasteiger partial charge in [-0.25, -0.2) is 0 Å². The van der Waals surface area contributed by atoms with Crippen molar-refractivity contribution in [1.29, 1.82) is 0 Å². The van der Waals surface area contributed by atoms with Gasteiger partial charge in [-0.3, -0.25) is 4.79 Å². The number of aliphatic hydroxyl groups is 8. The zero-order valence-electron chi connectivity index (χ0n) is 41.5. The summed E-state index contributed by atoms with van der Waals surface area (Å²) in [4.78, 5) is 13.2. The van der Waals surface area contributed by atoms with E-state index in [0.717, 1.165) is 38.5 Å². The van der Waals surface area contributed by atoms with Gasteiger partial charge in [-0.2, -0.15) is 0 Å². The van der Waals surface area contributed by atoms with E-state index in [1.807, 2.05) is 6.08 Å². The van der Waals surface area contributed by atoms with E-state index in [1.54, 1.807) is 6.08 Å². The first-order chi connectivity index (χ1) is 32.1. The molecule has 2 aliphatic heterocycles. The summed E-state index contributed by atoms with van der Waals surface area (Å²) in [6, 6.07) is -0.907. The van der Waals surface area contributed by atoms with Crippen LogP contribution in [0.3, 0.4) is 0 Å². The van der Waals surface area contributed by atoms with Crippen molar-refractivity contribution in [3.8, 4) is 0 Å². The molecule has 2 saturated heterocycles. The van der Waals surface area contributed by atoms with Gasteiger partial charge in [-0.1, -0.05) is 206 Å². The Labute approximate surface area is 399 Å². The van der Waals surface area contributed by atoms with Crippen molar-refractivity contribution in [2.24, 2.45) is 0 Å². The molecule has 0 aromatic rings. The first kappa shape index (κ1) is 60.9. The van der Waals surface area contributed by atoms with Gasteiger partial charge in [0.2, 0.25) is 5.91 Å². The molecule has 9 N–H and O–H groups in total.